The van der Waals surface area contributed by atoms with Crippen molar-refractivity contribution in [2.75, 3.05) is 37.7 Å². The Balaban J connectivity index is 1.41. The number of rotatable bonds is 6. The minimum Gasteiger partial charge on any atom is -0.492 e. The molecule has 0 spiro atoms. The van der Waals surface area contributed by atoms with Crippen LogP contribution in [0.5, 0.6) is 5.75 Å². The normalized spacial score (nSPS) is 13.7. The molecular weight excluding hydrogens is 440 g/mol. The van der Waals surface area contributed by atoms with Crippen LogP contribution in [0.3, 0.4) is 0 Å². The van der Waals surface area contributed by atoms with Crippen LogP contribution in [0, 0.1) is 0 Å². The molecule has 35 heavy (non-hydrogen) atoms. The Kier molecular flexibility index (Phi) is 6.48. The molecule has 1 aliphatic rings. The molecule has 4 aromatic rings. The number of hydrogen-bond donors (Lipinski definition) is 0. The first-order chi connectivity index (χ1) is 17.2. The second-order valence-corrected chi connectivity index (χ2v) is 8.52. The second-order valence-electron chi connectivity index (χ2n) is 8.52. The molecule has 178 valence electrons. The summed E-state index contributed by atoms with van der Waals surface area (Å²) in [6.45, 7) is 5.40. The number of carbonyl (C=O) groups excluding carboxylic acids is 1. The lowest BCUT2D eigenvalue weighted by molar-refractivity contribution is 0.0740. The Bertz CT molecular complexity index is 1390. The molecule has 0 saturated carbocycles. The van der Waals surface area contributed by atoms with Gasteiger partial charge in [0.15, 0.2) is 5.69 Å². The second kappa shape index (κ2) is 10.0. The fourth-order valence-electron chi connectivity index (χ4n) is 4.55. The van der Waals surface area contributed by atoms with Crippen LogP contribution in [0.1, 0.15) is 23.0 Å². The fourth-order valence-corrected chi connectivity index (χ4v) is 4.55. The van der Waals surface area contributed by atoms with Crippen molar-refractivity contribution >= 4 is 22.4 Å². The summed E-state index contributed by atoms with van der Waals surface area (Å²) in [6, 6.07) is 24.9. The molecule has 1 aliphatic heterocycles. The molecule has 3 aromatic carbocycles. The van der Waals surface area contributed by atoms with Crippen molar-refractivity contribution < 1.29 is 9.53 Å². The first kappa shape index (κ1) is 22.7. The third-order valence-electron chi connectivity index (χ3n) is 6.32. The zero-order valence-corrected chi connectivity index (χ0v) is 19.8. The first-order valence-electron chi connectivity index (χ1n) is 12.0. The van der Waals surface area contributed by atoms with Crippen LogP contribution in [0.2, 0.25) is 0 Å². The van der Waals surface area contributed by atoms with Gasteiger partial charge in [-0.1, -0.05) is 60.7 Å². The van der Waals surface area contributed by atoms with Crippen molar-refractivity contribution in [3.05, 3.63) is 100 Å². The zero-order valence-electron chi connectivity index (χ0n) is 19.8. The standard InChI is InChI=1S/C28H28N4O3/c1-2-35-25-15-9-8-14-24(25)30-16-18-31(19-17-30)28(34)26-22-12-6-7-13-23(22)27(33)32(29-26)20-21-10-4-3-5-11-21/h3-15H,2,16-20H2,1H3. The van der Waals surface area contributed by atoms with Crippen LogP contribution in [0.25, 0.3) is 10.8 Å². The molecule has 0 atom stereocenters. The fraction of sp³-hybridized carbons (Fsp3) is 0.250. The van der Waals surface area contributed by atoms with E-state index in [0.29, 0.717) is 55.8 Å². The molecular formula is C28H28N4O3. The lowest BCUT2D eigenvalue weighted by Crippen LogP contribution is -2.49. The van der Waals surface area contributed by atoms with E-state index in [9.17, 15) is 9.59 Å². The van der Waals surface area contributed by atoms with Crippen molar-refractivity contribution in [1.82, 2.24) is 14.7 Å². The van der Waals surface area contributed by atoms with E-state index in [0.717, 1.165) is 17.0 Å². The number of nitrogens with zero attached hydrogens (tertiary/aromatic N) is 4. The van der Waals surface area contributed by atoms with Gasteiger partial charge in [0.1, 0.15) is 5.75 Å². The SMILES string of the molecule is CCOc1ccccc1N1CCN(C(=O)c2nn(Cc3ccccc3)c(=O)c3ccccc23)CC1. The summed E-state index contributed by atoms with van der Waals surface area (Å²) >= 11 is 0. The van der Waals surface area contributed by atoms with Gasteiger partial charge in [-0.15, -0.1) is 0 Å². The third kappa shape index (κ3) is 4.62. The largest absolute Gasteiger partial charge is 0.492 e. The van der Waals surface area contributed by atoms with Gasteiger partial charge in [0, 0.05) is 31.6 Å². The molecule has 0 unspecified atom stereocenters. The van der Waals surface area contributed by atoms with Crippen LogP contribution < -0.4 is 15.2 Å². The van der Waals surface area contributed by atoms with Crippen molar-refractivity contribution in [2.45, 2.75) is 13.5 Å². The molecule has 1 amide bonds. The van der Waals surface area contributed by atoms with Crippen molar-refractivity contribution in [1.29, 1.82) is 0 Å². The number of piperazine rings is 1. The highest BCUT2D eigenvalue weighted by Gasteiger charge is 2.27. The topological polar surface area (TPSA) is 67.7 Å². The highest BCUT2D eigenvalue weighted by Crippen LogP contribution is 2.29. The monoisotopic (exact) mass is 468 g/mol. The number of hydrogen-bond acceptors (Lipinski definition) is 5. The number of carbonyl (C=O) groups is 1. The molecule has 0 bridgehead atoms. The van der Waals surface area contributed by atoms with Gasteiger partial charge in [-0.05, 0) is 30.7 Å². The van der Waals surface area contributed by atoms with Gasteiger partial charge < -0.3 is 14.5 Å². The highest BCUT2D eigenvalue weighted by atomic mass is 16.5. The summed E-state index contributed by atoms with van der Waals surface area (Å²) in [6.07, 6.45) is 0. The molecule has 1 aromatic heterocycles. The molecule has 0 radical (unpaired) electrons. The minimum absolute atomic E-state index is 0.152. The number of aromatic nitrogens is 2. The summed E-state index contributed by atoms with van der Waals surface area (Å²) in [5.74, 6) is 0.705. The average Bonchev–Trinajstić information content (AvgIpc) is 2.91. The molecule has 7 nitrogen and oxygen atoms in total. The summed E-state index contributed by atoms with van der Waals surface area (Å²) < 4.78 is 7.19. The van der Waals surface area contributed by atoms with Gasteiger partial charge in [0.2, 0.25) is 0 Å². The Morgan fingerprint density at radius 1 is 0.857 bits per heavy atom. The van der Waals surface area contributed by atoms with E-state index in [2.05, 4.69) is 16.1 Å². The van der Waals surface area contributed by atoms with Crippen LogP contribution in [0.15, 0.2) is 83.7 Å². The maximum atomic E-state index is 13.6. The smallest absolute Gasteiger partial charge is 0.275 e. The van der Waals surface area contributed by atoms with E-state index in [-0.39, 0.29) is 11.5 Å². The summed E-state index contributed by atoms with van der Waals surface area (Å²) in [4.78, 5) is 30.8. The Labute approximate surface area is 204 Å². The Morgan fingerprint density at radius 3 is 2.26 bits per heavy atom. The number of ether oxygens (including phenoxy) is 1. The van der Waals surface area contributed by atoms with E-state index in [1.54, 1.807) is 12.1 Å². The number of benzene rings is 3. The molecule has 1 saturated heterocycles. The quantitative estimate of drug-likeness (QED) is 0.431. The lowest BCUT2D eigenvalue weighted by atomic mass is 10.1. The van der Waals surface area contributed by atoms with Crippen molar-refractivity contribution in [3.63, 3.8) is 0 Å². The van der Waals surface area contributed by atoms with Gasteiger partial charge in [0.25, 0.3) is 11.5 Å². The predicted molar refractivity (Wildman–Crippen MR) is 137 cm³/mol. The maximum Gasteiger partial charge on any atom is 0.275 e. The minimum atomic E-state index is -0.196. The molecule has 0 aliphatic carbocycles. The molecule has 5 rings (SSSR count). The van der Waals surface area contributed by atoms with Gasteiger partial charge in [-0.2, -0.15) is 5.10 Å². The summed E-state index contributed by atoms with van der Waals surface area (Å²) in [7, 11) is 0. The number of anilines is 1. The molecule has 0 N–H and O–H groups in total. The van der Waals surface area contributed by atoms with Crippen LogP contribution in [-0.2, 0) is 6.54 Å². The average molecular weight is 469 g/mol. The molecule has 2 heterocycles. The maximum absolute atomic E-state index is 13.6. The third-order valence-corrected chi connectivity index (χ3v) is 6.32. The van der Waals surface area contributed by atoms with Gasteiger partial charge in [-0.3, -0.25) is 9.59 Å². The van der Waals surface area contributed by atoms with E-state index in [4.69, 9.17) is 4.74 Å². The predicted octanol–water partition coefficient (Wildman–Crippen LogP) is 3.81. The zero-order chi connectivity index (χ0) is 24.2. The number of fused-ring (bicyclic) bond motifs is 1. The van der Waals surface area contributed by atoms with Crippen molar-refractivity contribution in [3.8, 4) is 5.75 Å². The summed E-state index contributed by atoms with van der Waals surface area (Å²) in [5, 5.41) is 5.66. The van der Waals surface area contributed by atoms with E-state index in [1.165, 1.54) is 4.68 Å². The van der Waals surface area contributed by atoms with E-state index >= 15 is 0 Å². The Morgan fingerprint density at radius 2 is 1.51 bits per heavy atom. The Hall–Kier alpha value is -4.13. The van der Waals surface area contributed by atoms with Crippen LogP contribution in [0.4, 0.5) is 5.69 Å². The highest BCUT2D eigenvalue weighted by molar-refractivity contribution is 6.04. The molecule has 1 fully saturated rings. The summed E-state index contributed by atoms with van der Waals surface area (Å²) in [5.41, 5.74) is 2.12. The van der Waals surface area contributed by atoms with E-state index in [1.807, 2.05) is 72.5 Å². The van der Waals surface area contributed by atoms with Crippen LogP contribution >= 0.6 is 0 Å². The number of amides is 1. The van der Waals surface area contributed by atoms with Crippen LogP contribution in [-0.4, -0.2) is 53.4 Å². The van der Waals surface area contributed by atoms with Crippen molar-refractivity contribution in [2.24, 2.45) is 0 Å². The van der Waals surface area contributed by atoms with Gasteiger partial charge >= 0.3 is 0 Å². The molecule has 7 heteroatoms. The first-order valence-corrected chi connectivity index (χ1v) is 12.0. The van der Waals surface area contributed by atoms with Gasteiger partial charge in [-0.25, -0.2) is 4.68 Å². The van der Waals surface area contributed by atoms with E-state index < -0.39 is 0 Å². The number of para-hydroxylation sites is 2. The lowest BCUT2D eigenvalue weighted by Gasteiger charge is -2.36. The van der Waals surface area contributed by atoms with Gasteiger partial charge in [0.05, 0.1) is 24.2 Å².